The Bertz CT molecular complexity index is 951. The maximum absolute atomic E-state index is 13.4. The fraction of sp³-hybridized carbons (Fsp3) is 0.353. The van der Waals surface area contributed by atoms with Crippen molar-refractivity contribution in [1.82, 2.24) is 4.90 Å². The predicted molar refractivity (Wildman–Crippen MR) is 94.1 cm³/mol. The maximum Gasteiger partial charge on any atom is 0.418 e. The maximum atomic E-state index is 13.4. The number of primary sulfonamides is 1. The zero-order valence-electron chi connectivity index (χ0n) is 14.6. The second-order valence-electron chi connectivity index (χ2n) is 6.44. The number of benzene rings is 1. The number of carbonyl (C=O) groups excluding carboxylic acids is 1. The number of furan rings is 1. The molecule has 0 spiro atoms. The molecule has 1 fully saturated rings. The number of sulfonamides is 1. The van der Waals surface area contributed by atoms with Crippen molar-refractivity contribution in [1.29, 1.82) is 0 Å². The molecule has 3 N–H and O–H groups in total. The van der Waals surface area contributed by atoms with Crippen molar-refractivity contribution in [2.24, 2.45) is 5.14 Å². The second kappa shape index (κ2) is 7.47. The average Bonchev–Trinajstić information content (AvgIpc) is 3.15. The summed E-state index contributed by atoms with van der Waals surface area (Å²) in [5.74, 6) is -0.0544. The average molecular weight is 417 g/mol. The minimum atomic E-state index is -4.75. The minimum Gasteiger partial charge on any atom is -0.459 e. The number of piperidine rings is 1. The third-order valence-electron chi connectivity index (χ3n) is 4.50. The number of nitrogens with two attached hydrogens (primary N) is 1. The quantitative estimate of drug-likeness (QED) is 0.796. The number of likely N-dealkylation sites (tertiary alicyclic amines) is 1. The van der Waals surface area contributed by atoms with Gasteiger partial charge in [-0.05, 0) is 43.2 Å². The van der Waals surface area contributed by atoms with Gasteiger partial charge >= 0.3 is 6.18 Å². The molecule has 0 atom stereocenters. The number of nitrogens with one attached hydrogen (secondary N) is 1. The summed E-state index contributed by atoms with van der Waals surface area (Å²) in [5, 5.41) is 7.74. The van der Waals surface area contributed by atoms with Crippen LogP contribution in [0.1, 0.15) is 29.0 Å². The number of carbonyl (C=O) groups is 1. The van der Waals surface area contributed by atoms with Crippen molar-refractivity contribution >= 4 is 21.6 Å². The van der Waals surface area contributed by atoms with E-state index in [1.165, 1.54) is 6.26 Å². The number of amides is 1. The van der Waals surface area contributed by atoms with E-state index in [4.69, 9.17) is 9.56 Å². The number of anilines is 1. The van der Waals surface area contributed by atoms with Gasteiger partial charge in [0.2, 0.25) is 10.0 Å². The molecule has 0 aliphatic carbocycles. The molecule has 28 heavy (non-hydrogen) atoms. The third kappa shape index (κ3) is 4.47. The molecule has 0 radical (unpaired) electrons. The first-order valence-corrected chi connectivity index (χ1v) is 9.93. The van der Waals surface area contributed by atoms with Crippen LogP contribution in [0.15, 0.2) is 45.9 Å². The van der Waals surface area contributed by atoms with E-state index < -0.39 is 26.7 Å². The molecule has 0 bridgehead atoms. The molecule has 1 amide bonds. The van der Waals surface area contributed by atoms with Gasteiger partial charge in [0, 0.05) is 24.8 Å². The number of rotatable bonds is 4. The first kappa shape index (κ1) is 20.2. The topological polar surface area (TPSA) is 106 Å². The predicted octanol–water partition coefficient (Wildman–Crippen LogP) is 2.66. The molecule has 7 nitrogen and oxygen atoms in total. The number of alkyl halides is 3. The van der Waals surface area contributed by atoms with Gasteiger partial charge in [-0.1, -0.05) is 0 Å². The van der Waals surface area contributed by atoms with Crippen molar-refractivity contribution < 1.29 is 30.8 Å². The van der Waals surface area contributed by atoms with Crippen LogP contribution in [-0.2, 0) is 16.2 Å². The standard InChI is InChI=1S/C17H18F3N3O4S/c18-17(19,20)13-10-12(28(21,25)26)3-4-14(13)22-11-5-7-23(8-6-11)16(24)15-2-1-9-27-15/h1-4,9-11,22H,5-8H2,(H2,21,25,26). The van der Waals surface area contributed by atoms with Crippen LogP contribution in [0.2, 0.25) is 0 Å². The fourth-order valence-electron chi connectivity index (χ4n) is 3.06. The first-order valence-electron chi connectivity index (χ1n) is 8.39. The second-order valence-corrected chi connectivity index (χ2v) is 8.00. The first-order chi connectivity index (χ1) is 13.1. The van der Waals surface area contributed by atoms with Gasteiger partial charge in [-0.15, -0.1) is 0 Å². The lowest BCUT2D eigenvalue weighted by Crippen LogP contribution is -2.42. The minimum absolute atomic E-state index is 0.212. The van der Waals surface area contributed by atoms with E-state index in [-0.39, 0.29) is 23.4 Å². The van der Waals surface area contributed by atoms with Crippen LogP contribution in [0.3, 0.4) is 0 Å². The van der Waals surface area contributed by atoms with E-state index in [2.05, 4.69) is 5.32 Å². The van der Waals surface area contributed by atoms with E-state index >= 15 is 0 Å². The Morgan fingerprint density at radius 1 is 1.21 bits per heavy atom. The van der Waals surface area contributed by atoms with E-state index in [9.17, 15) is 26.4 Å². The summed E-state index contributed by atoms with van der Waals surface area (Å²) in [5.41, 5.74) is -1.33. The Labute approximate surface area is 159 Å². The van der Waals surface area contributed by atoms with E-state index in [0.717, 1.165) is 12.1 Å². The van der Waals surface area contributed by atoms with Crippen LogP contribution >= 0.6 is 0 Å². The van der Waals surface area contributed by atoms with Crippen LogP contribution in [-0.4, -0.2) is 38.4 Å². The zero-order chi connectivity index (χ0) is 20.5. The van der Waals surface area contributed by atoms with Gasteiger partial charge in [0.15, 0.2) is 5.76 Å². The largest absolute Gasteiger partial charge is 0.459 e. The molecule has 1 saturated heterocycles. The monoisotopic (exact) mass is 417 g/mol. The van der Waals surface area contributed by atoms with Crippen molar-refractivity contribution in [2.45, 2.75) is 30.0 Å². The molecule has 1 aromatic heterocycles. The molecule has 152 valence electrons. The molecule has 1 aromatic carbocycles. The Balaban J connectivity index is 1.72. The molecule has 11 heteroatoms. The highest BCUT2D eigenvalue weighted by atomic mass is 32.2. The SMILES string of the molecule is NS(=O)(=O)c1ccc(NC2CCN(C(=O)c3ccco3)CC2)c(C(F)(F)F)c1. The van der Waals surface area contributed by atoms with Gasteiger partial charge in [-0.2, -0.15) is 13.2 Å². The van der Waals surface area contributed by atoms with Crippen molar-refractivity contribution in [3.05, 3.63) is 47.9 Å². The lowest BCUT2D eigenvalue weighted by molar-refractivity contribution is -0.137. The van der Waals surface area contributed by atoms with E-state index in [1.54, 1.807) is 17.0 Å². The summed E-state index contributed by atoms with van der Waals surface area (Å²) in [7, 11) is -4.25. The lowest BCUT2D eigenvalue weighted by Gasteiger charge is -2.33. The van der Waals surface area contributed by atoms with Crippen LogP contribution < -0.4 is 10.5 Å². The summed E-state index contributed by atoms with van der Waals surface area (Å²) in [6, 6.07) is 5.46. The number of hydrogen-bond donors (Lipinski definition) is 2. The number of hydrogen-bond acceptors (Lipinski definition) is 5. The molecule has 2 heterocycles. The molecule has 0 saturated carbocycles. The number of nitrogens with zero attached hydrogens (tertiary/aromatic N) is 1. The highest BCUT2D eigenvalue weighted by Gasteiger charge is 2.35. The Morgan fingerprint density at radius 3 is 2.43 bits per heavy atom. The van der Waals surface area contributed by atoms with Crippen LogP contribution in [0.25, 0.3) is 0 Å². The zero-order valence-corrected chi connectivity index (χ0v) is 15.4. The highest BCUT2D eigenvalue weighted by molar-refractivity contribution is 7.89. The fourth-order valence-corrected chi connectivity index (χ4v) is 3.60. The Hall–Kier alpha value is -2.53. The normalized spacial score (nSPS) is 16.2. The summed E-state index contributed by atoms with van der Waals surface area (Å²) >= 11 is 0. The van der Waals surface area contributed by atoms with Crippen molar-refractivity contribution in [3.63, 3.8) is 0 Å². The highest BCUT2D eigenvalue weighted by Crippen LogP contribution is 2.37. The number of halogens is 3. The van der Waals surface area contributed by atoms with Crippen LogP contribution in [0, 0.1) is 0 Å². The molecular weight excluding hydrogens is 399 g/mol. The summed E-state index contributed by atoms with van der Waals surface area (Å²) in [4.78, 5) is 13.2. The van der Waals surface area contributed by atoms with Crippen LogP contribution in [0.4, 0.5) is 18.9 Å². The van der Waals surface area contributed by atoms with Gasteiger partial charge in [0.1, 0.15) is 0 Å². The Morgan fingerprint density at radius 2 is 1.89 bits per heavy atom. The molecule has 1 aliphatic heterocycles. The van der Waals surface area contributed by atoms with Gasteiger partial charge in [0.05, 0.1) is 16.7 Å². The molecular formula is C17H18F3N3O4S. The van der Waals surface area contributed by atoms with Crippen molar-refractivity contribution in [3.8, 4) is 0 Å². The lowest BCUT2D eigenvalue weighted by atomic mass is 10.0. The smallest absolute Gasteiger partial charge is 0.418 e. The summed E-state index contributed by atoms with van der Waals surface area (Å²) < 4.78 is 67.9. The van der Waals surface area contributed by atoms with E-state index in [1.807, 2.05) is 0 Å². The van der Waals surface area contributed by atoms with Gasteiger partial charge in [-0.25, -0.2) is 13.6 Å². The van der Waals surface area contributed by atoms with Gasteiger partial charge in [-0.3, -0.25) is 4.79 Å². The Kier molecular flexibility index (Phi) is 5.39. The van der Waals surface area contributed by atoms with Gasteiger partial charge in [0.25, 0.3) is 5.91 Å². The summed E-state index contributed by atoms with van der Waals surface area (Å²) in [6.45, 7) is 0.710. The van der Waals surface area contributed by atoms with Crippen LogP contribution in [0.5, 0.6) is 0 Å². The van der Waals surface area contributed by atoms with E-state index in [0.29, 0.717) is 32.0 Å². The molecule has 0 unspecified atom stereocenters. The van der Waals surface area contributed by atoms with Crippen molar-refractivity contribution in [2.75, 3.05) is 18.4 Å². The molecule has 2 aromatic rings. The molecule has 1 aliphatic rings. The van der Waals surface area contributed by atoms with Gasteiger partial charge < -0.3 is 14.6 Å². The third-order valence-corrected chi connectivity index (χ3v) is 5.41. The summed E-state index contributed by atoms with van der Waals surface area (Å²) in [6.07, 6.45) is -2.49. The molecule has 3 rings (SSSR count).